The van der Waals surface area contributed by atoms with Gasteiger partial charge in [-0.2, -0.15) is 0 Å². The van der Waals surface area contributed by atoms with Crippen molar-refractivity contribution in [3.8, 4) is 10.8 Å². The number of rotatable bonds is 8. The van der Waals surface area contributed by atoms with Gasteiger partial charge in [-0.05, 0) is 56.3 Å². The van der Waals surface area contributed by atoms with Crippen molar-refractivity contribution in [1.29, 1.82) is 0 Å². The van der Waals surface area contributed by atoms with E-state index >= 15 is 0 Å². The fourth-order valence-electron chi connectivity index (χ4n) is 3.27. The molecule has 1 amide bonds. The second-order valence-corrected chi connectivity index (χ2v) is 8.44. The number of carbonyl (C=O) groups excluding carboxylic acids is 2. The summed E-state index contributed by atoms with van der Waals surface area (Å²) in [6.45, 7) is 3.42. The van der Waals surface area contributed by atoms with E-state index in [1.54, 1.807) is 28.7 Å². The highest BCUT2D eigenvalue weighted by atomic mass is 32.1. The highest BCUT2D eigenvalue weighted by molar-refractivity contribution is 7.13. The Morgan fingerprint density at radius 1 is 0.971 bits per heavy atom. The molecule has 8 nitrogen and oxygen atoms in total. The first kappa shape index (κ1) is 23.1. The number of thiazole rings is 1. The van der Waals surface area contributed by atoms with E-state index in [0.717, 1.165) is 11.4 Å². The van der Waals surface area contributed by atoms with E-state index in [9.17, 15) is 9.59 Å². The zero-order valence-corrected chi connectivity index (χ0v) is 19.5. The standard InChI is InChI=1S/C25H23N5O3S/c1-17(2)30(20-11-9-19(10-12-20)28-18-7-4-3-5-8-18)22(31)15-33-25(32)21-16-34-24(29-21)23-26-13-6-14-27-23/h3-14,16-17,28H,15H2,1-2H3. The van der Waals surface area contributed by atoms with Crippen LogP contribution in [0.2, 0.25) is 0 Å². The molecule has 172 valence electrons. The van der Waals surface area contributed by atoms with Crippen LogP contribution in [0.3, 0.4) is 0 Å². The number of para-hydroxylation sites is 1. The third-order valence-corrected chi connectivity index (χ3v) is 5.63. The van der Waals surface area contributed by atoms with E-state index in [4.69, 9.17) is 4.74 Å². The van der Waals surface area contributed by atoms with Gasteiger partial charge in [-0.25, -0.2) is 19.7 Å². The maximum absolute atomic E-state index is 12.9. The van der Waals surface area contributed by atoms with Crippen molar-refractivity contribution in [1.82, 2.24) is 15.0 Å². The Morgan fingerprint density at radius 3 is 2.32 bits per heavy atom. The molecule has 4 rings (SSSR count). The maximum Gasteiger partial charge on any atom is 0.358 e. The summed E-state index contributed by atoms with van der Waals surface area (Å²) in [5.74, 6) is -0.564. The van der Waals surface area contributed by atoms with Crippen molar-refractivity contribution in [2.45, 2.75) is 19.9 Å². The van der Waals surface area contributed by atoms with Gasteiger partial charge in [0.05, 0.1) is 0 Å². The highest BCUT2D eigenvalue weighted by Gasteiger charge is 2.22. The Kier molecular flexibility index (Phi) is 7.24. The summed E-state index contributed by atoms with van der Waals surface area (Å²) in [4.78, 5) is 39.4. The Labute approximate surface area is 201 Å². The summed E-state index contributed by atoms with van der Waals surface area (Å²) in [6.07, 6.45) is 3.20. The summed E-state index contributed by atoms with van der Waals surface area (Å²) in [6, 6.07) is 18.9. The Bertz CT molecular complexity index is 1240. The molecule has 1 N–H and O–H groups in total. The van der Waals surface area contributed by atoms with Crippen LogP contribution in [0.25, 0.3) is 10.8 Å². The topological polar surface area (TPSA) is 97.3 Å². The monoisotopic (exact) mass is 473 g/mol. The molecule has 0 saturated carbocycles. The van der Waals surface area contributed by atoms with Crippen LogP contribution in [0, 0.1) is 0 Å². The minimum Gasteiger partial charge on any atom is -0.451 e. The molecule has 4 aromatic rings. The lowest BCUT2D eigenvalue weighted by Crippen LogP contribution is -2.39. The summed E-state index contributed by atoms with van der Waals surface area (Å²) < 4.78 is 5.26. The number of carbonyl (C=O) groups is 2. The summed E-state index contributed by atoms with van der Waals surface area (Å²) in [7, 11) is 0. The second-order valence-electron chi connectivity index (χ2n) is 7.58. The van der Waals surface area contributed by atoms with E-state index in [2.05, 4.69) is 20.3 Å². The van der Waals surface area contributed by atoms with Gasteiger partial charge < -0.3 is 15.0 Å². The molecule has 0 aliphatic carbocycles. The van der Waals surface area contributed by atoms with Crippen LogP contribution in [-0.4, -0.2) is 39.5 Å². The van der Waals surface area contributed by atoms with Gasteiger partial charge in [0.25, 0.3) is 5.91 Å². The molecule has 2 aromatic heterocycles. The molecule has 0 aliphatic rings. The molecule has 2 aromatic carbocycles. The molecule has 0 unspecified atom stereocenters. The van der Waals surface area contributed by atoms with Gasteiger partial charge in [0, 0.05) is 40.9 Å². The van der Waals surface area contributed by atoms with Crippen molar-refractivity contribution in [3.63, 3.8) is 0 Å². The molecular formula is C25H23N5O3S. The molecule has 0 aliphatic heterocycles. The predicted molar refractivity (Wildman–Crippen MR) is 132 cm³/mol. The number of hydrogen-bond donors (Lipinski definition) is 1. The average Bonchev–Trinajstić information content (AvgIpc) is 3.35. The van der Waals surface area contributed by atoms with Crippen LogP contribution in [0.5, 0.6) is 0 Å². The molecule has 34 heavy (non-hydrogen) atoms. The van der Waals surface area contributed by atoms with Crippen LogP contribution in [0.1, 0.15) is 24.3 Å². The van der Waals surface area contributed by atoms with Crippen LogP contribution >= 0.6 is 11.3 Å². The Hall–Kier alpha value is -4.11. The lowest BCUT2D eigenvalue weighted by molar-refractivity contribution is -0.122. The lowest BCUT2D eigenvalue weighted by atomic mass is 10.2. The third-order valence-electron chi connectivity index (χ3n) is 4.79. The third kappa shape index (κ3) is 5.62. The van der Waals surface area contributed by atoms with Crippen LogP contribution < -0.4 is 10.2 Å². The lowest BCUT2D eigenvalue weighted by Gasteiger charge is -2.27. The number of hydrogen-bond acceptors (Lipinski definition) is 8. The predicted octanol–water partition coefficient (Wildman–Crippen LogP) is 4.94. The number of anilines is 3. The zero-order valence-electron chi connectivity index (χ0n) is 18.7. The van der Waals surface area contributed by atoms with Gasteiger partial charge in [-0.3, -0.25) is 4.79 Å². The first-order valence-corrected chi connectivity index (χ1v) is 11.5. The highest BCUT2D eigenvalue weighted by Crippen LogP contribution is 2.23. The van der Waals surface area contributed by atoms with Crippen LogP contribution in [-0.2, 0) is 9.53 Å². The van der Waals surface area contributed by atoms with E-state index in [0.29, 0.717) is 16.5 Å². The molecule has 0 radical (unpaired) electrons. The minimum atomic E-state index is -0.669. The van der Waals surface area contributed by atoms with Gasteiger partial charge in [0.1, 0.15) is 0 Å². The number of nitrogens with one attached hydrogen (secondary N) is 1. The average molecular weight is 474 g/mol. The fraction of sp³-hybridized carbons (Fsp3) is 0.160. The van der Waals surface area contributed by atoms with Crippen molar-refractivity contribution in [2.75, 3.05) is 16.8 Å². The van der Waals surface area contributed by atoms with Gasteiger partial charge in [0.2, 0.25) is 0 Å². The van der Waals surface area contributed by atoms with E-state index < -0.39 is 12.6 Å². The molecule has 9 heteroatoms. The number of benzene rings is 2. The molecule has 0 bridgehead atoms. The van der Waals surface area contributed by atoms with Gasteiger partial charge in [-0.1, -0.05) is 18.2 Å². The number of nitrogens with zero attached hydrogens (tertiary/aromatic N) is 4. The number of ether oxygens (including phenoxy) is 1. The van der Waals surface area contributed by atoms with E-state index in [-0.39, 0.29) is 17.6 Å². The van der Waals surface area contributed by atoms with E-state index in [1.165, 1.54) is 11.3 Å². The maximum atomic E-state index is 12.9. The molecule has 0 fully saturated rings. The molecule has 0 atom stereocenters. The van der Waals surface area contributed by atoms with Crippen LogP contribution in [0.4, 0.5) is 17.1 Å². The quantitative estimate of drug-likeness (QED) is 0.362. The first-order valence-electron chi connectivity index (χ1n) is 10.7. The van der Waals surface area contributed by atoms with Gasteiger partial charge in [0.15, 0.2) is 23.1 Å². The largest absolute Gasteiger partial charge is 0.451 e. The van der Waals surface area contributed by atoms with Gasteiger partial charge >= 0.3 is 5.97 Å². The van der Waals surface area contributed by atoms with E-state index in [1.807, 2.05) is 68.4 Å². The molecule has 2 heterocycles. The fourth-order valence-corrected chi connectivity index (χ4v) is 4.01. The molecule has 0 saturated heterocycles. The normalized spacial score (nSPS) is 10.7. The summed E-state index contributed by atoms with van der Waals surface area (Å²) in [5, 5.41) is 5.39. The number of amides is 1. The number of esters is 1. The summed E-state index contributed by atoms with van der Waals surface area (Å²) >= 11 is 1.24. The Balaban J connectivity index is 1.38. The summed E-state index contributed by atoms with van der Waals surface area (Å²) in [5.41, 5.74) is 2.71. The Morgan fingerprint density at radius 2 is 1.65 bits per heavy atom. The minimum absolute atomic E-state index is 0.118. The van der Waals surface area contributed by atoms with Gasteiger partial charge in [-0.15, -0.1) is 11.3 Å². The smallest absolute Gasteiger partial charge is 0.358 e. The number of aromatic nitrogens is 3. The van der Waals surface area contributed by atoms with Crippen molar-refractivity contribution < 1.29 is 14.3 Å². The van der Waals surface area contributed by atoms with Crippen molar-refractivity contribution in [2.24, 2.45) is 0 Å². The van der Waals surface area contributed by atoms with Crippen LogP contribution in [0.15, 0.2) is 78.4 Å². The second kappa shape index (κ2) is 10.7. The zero-order chi connectivity index (χ0) is 23.9. The molecule has 0 spiro atoms. The first-order chi connectivity index (χ1) is 16.5. The van der Waals surface area contributed by atoms with Crippen molar-refractivity contribution in [3.05, 3.63) is 84.1 Å². The molecular weight excluding hydrogens is 450 g/mol. The van der Waals surface area contributed by atoms with Crippen molar-refractivity contribution >= 4 is 40.3 Å². The SMILES string of the molecule is CC(C)N(C(=O)COC(=O)c1csc(-c2ncccn2)n1)c1ccc(Nc2ccccc2)cc1.